The maximum atomic E-state index is 12.3. The van der Waals surface area contributed by atoms with E-state index in [4.69, 9.17) is 14.9 Å². The predicted molar refractivity (Wildman–Crippen MR) is 87.2 cm³/mol. The largest absolute Gasteiger partial charge is 0.440 e. The fraction of sp³-hybridized carbons (Fsp3) is 0.176. The van der Waals surface area contributed by atoms with Gasteiger partial charge in [0.1, 0.15) is 23.2 Å². The summed E-state index contributed by atoms with van der Waals surface area (Å²) in [5.41, 5.74) is 6.68. The van der Waals surface area contributed by atoms with E-state index in [1.54, 1.807) is 24.8 Å². The molecule has 0 aliphatic carbocycles. The topological polar surface area (TPSA) is 89.2 Å². The van der Waals surface area contributed by atoms with Crippen molar-refractivity contribution in [1.29, 1.82) is 5.26 Å². The van der Waals surface area contributed by atoms with E-state index in [0.717, 1.165) is 10.5 Å². The first-order valence-corrected chi connectivity index (χ1v) is 8.13. The number of hydrogen-bond donors (Lipinski definition) is 1. The van der Waals surface area contributed by atoms with Gasteiger partial charge in [0.05, 0.1) is 11.5 Å². The van der Waals surface area contributed by atoms with Crippen molar-refractivity contribution < 1.29 is 9.15 Å². The Labute approximate surface area is 137 Å². The Bertz CT molecular complexity index is 892. The van der Waals surface area contributed by atoms with E-state index in [1.807, 2.05) is 30.5 Å². The number of nitrogens with two attached hydrogens (primary N) is 1. The Morgan fingerprint density at radius 3 is 2.61 bits per heavy atom. The summed E-state index contributed by atoms with van der Waals surface area (Å²) in [6.45, 7) is 1.66. The van der Waals surface area contributed by atoms with Crippen LogP contribution in [0.3, 0.4) is 0 Å². The third-order valence-electron chi connectivity index (χ3n) is 3.71. The predicted octanol–water partition coefficient (Wildman–Crippen LogP) is 2.89. The van der Waals surface area contributed by atoms with Gasteiger partial charge in [-0.1, -0.05) is 12.1 Å². The van der Waals surface area contributed by atoms with E-state index in [-0.39, 0.29) is 11.5 Å². The lowest BCUT2D eigenvalue weighted by Gasteiger charge is -2.25. The van der Waals surface area contributed by atoms with Crippen LogP contribution in [0.5, 0.6) is 5.75 Å². The molecule has 23 heavy (non-hydrogen) atoms. The normalized spacial score (nSPS) is 16.5. The molecular weight excluding hydrogens is 312 g/mol. The first-order valence-electron chi connectivity index (χ1n) is 6.91. The van der Waals surface area contributed by atoms with Crippen molar-refractivity contribution in [2.75, 3.05) is 6.26 Å². The fourth-order valence-electron chi connectivity index (χ4n) is 2.65. The molecule has 3 rings (SSSR count). The van der Waals surface area contributed by atoms with Gasteiger partial charge in [0.15, 0.2) is 0 Å². The molecule has 2 N–H and O–H groups in total. The van der Waals surface area contributed by atoms with Crippen LogP contribution in [-0.2, 0) is 0 Å². The standard InChI is InChI=1S/C17H14N2O3S/c1-9-7-13-15(17(20)21-9)14(12(8-18)16(19)22-13)10-3-5-11(23-2)6-4-10/h3-7,14H,19H2,1-2H3. The van der Waals surface area contributed by atoms with E-state index < -0.39 is 11.5 Å². The van der Waals surface area contributed by atoms with Crippen LogP contribution in [0.25, 0.3) is 0 Å². The summed E-state index contributed by atoms with van der Waals surface area (Å²) >= 11 is 1.62. The molecule has 2 heterocycles. The summed E-state index contributed by atoms with van der Waals surface area (Å²) < 4.78 is 10.7. The van der Waals surface area contributed by atoms with Crippen molar-refractivity contribution in [2.45, 2.75) is 17.7 Å². The molecule has 1 aliphatic heterocycles. The molecule has 5 nitrogen and oxygen atoms in total. The zero-order chi connectivity index (χ0) is 16.6. The van der Waals surface area contributed by atoms with Crippen LogP contribution in [0.1, 0.15) is 22.8 Å². The molecule has 1 aromatic heterocycles. The van der Waals surface area contributed by atoms with Gasteiger partial charge in [0.25, 0.3) is 0 Å². The second kappa shape index (κ2) is 5.86. The fourth-order valence-corrected chi connectivity index (χ4v) is 3.06. The van der Waals surface area contributed by atoms with Crippen LogP contribution in [-0.4, -0.2) is 6.26 Å². The molecule has 1 aromatic carbocycles. The molecule has 1 unspecified atom stereocenters. The van der Waals surface area contributed by atoms with Gasteiger partial charge in [0.2, 0.25) is 5.88 Å². The Balaban J connectivity index is 2.24. The highest BCUT2D eigenvalue weighted by Crippen LogP contribution is 2.40. The third kappa shape index (κ3) is 2.60. The summed E-state index contributed by atoms with van der Waals surface area (Å²) in [4.78, 5) is 13.4. The van der Waals surface area contributed by atoms with Crippen molar-refractivity contribution in [2.24, 2.45) is 5.73 Å². The molecule has 0 fully saturated rings. The molecule has 0 radical (unpaired) electrons. The molecule has 0 saturated heterocycles. The average Bonchev–Trinajstić information content (AvgIpc) is 2.53. The van der Waals surface area contributed by atoms with Gasteiger partial charge in [-0.05, 0) is 30.9 Å². The average molecular weight is 326 g/mol. The lowest BCUT2D eigenvalue weighted by atomic mass is 9.84. The van der Waals surface area contributed by atoms with Crippen LogP contribution in [0.15, 0.2) is 55.9 Å². The number of nitriles is 1. The van der Waals surface area contributed by atoms with Crippen LogP contribution in [0.4, 0.5) is 0 Å². The summed E-state index contributed by atoms with van der Waals surface area (Å²) in [7, 11) is 0. The highest BCUT2D eigenvalue weighted by molar-refractivity contribution is 7.98. The molecule has 0 amide bonds. The first-order chi connectivity index (χ1) is 11.0. The number of hydrogen-bond acceptors (Lipinski definition) is 6. The Kier molecular flexibility index (Phi) is 3.89. The SMILES string of the molecule is CSc1ccc(C2C(C#N)=C(N)Oc3cc(C)oc(=O)c32)cc1. The van der Waals surface area contributed by atoms with Crippen molar-refractivity contribution in [3.05, 3.63) is 69.1 Å². The van der Waals surface area contributed by atoms with Gasteiger partial charge in [-0.25, -0.2) is 4.79 Å². The molecule has 0 spiro atoms. The highest BCUT2D eigenvalue weighted by Gasteiger charge is 2.34. The molecule has 0 bridgehead atoms. The number of thioether (sulfide) groups is 1. The number of allylic oxidation sites excluding steroid dienone is 1. The lowest BCUT2D eigenvalue weighted by molar-refractivity contribution is 0.371. The van der Waals surface area contributed by atoms with Crippen molar-refractivity contribution in [3.8, 4) is 11.8 Å². The third-order valence-corrected chi connectivity index (χ3v) is 4.45. The Hall–Kier alpha value is -2.65. The second-order valence-corrected chi connectivity index (χ2v) is 6.00. The Morgan fingerprint density at radius 1 is 1.30 bits per heavy atom. The quantitative estimate of drug-likeness (QED) is 0.854. The van der Waals surface area contributed by atoms with Gasteiger partial charge < -0.3 is 14.9 Å². The van der Waals surface area contributed by atoms with E-state index in [0.29, 0.717) is 17.1 Å². The van der Waals surface area contributed by atoms with Crippen LogP contribution >= 0.6 is 11.8 Å². The smallest absolute Gasteiger partial charge is 0.343 e. The van der Waals surface area contributed by atoms with Crippen molar-refractivity contribution in [1.82, 2.24) is 0 Å². The summed E-state index contributed by atoms with van der Waals surface area (Å²) in [6.07, 6.45) is 1.98. The van der Waals surface area contributed by atoms with Gasteiger partial charge in [-0.2, -0.15) is 5.26 Å². The zero-order valence-corrected chi connectivity index (χ0v) is 13.4. The molecule has 2 aromatic rings. The zero-order valence-electron chi connectivity index (χ0n) is 12.6. The first kappa shape index (κ1) is 15.3. The Morgan fingerprint density at radius 2 is 2.00 bits per heavy atom. The maximum Gasteiger partial charge on any atom is 0.343 e. The van der Waals surface area contributed by atoms with Crippen LogP contribution < -0.4 is 16.1 Å². The molecule has 1 atom stereocenters. The van der Waals surface area contributed by atoms with Crippen LogP contribution in [0, 0.1) is 18.3 Å². The summed E-state index contributed by atoms with van der Waals surface area (Å²) in [5, 5.41) is 9.46. The van der Waals surface area contributed by atoms with E-state index in [1.165, 1.54) is 0 Å². The molecular formula is C17H14N2O3S. The summed E-state index contributed by atoms with van der Waals surface area (Å²) in [6, 6.07) is 11.3. The minimum absolute atomic E-state index is 0.0175. The van der Waals surface area contributed by atoms with Crippen molar-refractivity contribution in [3.63, 3.8) is 0 Å². The minimum Gasteiger partial charge on any atom is -0.440 e. The van der Waals surface area contributed by atoms with Gasteiger partial charge >= 0.3 is 5.63 Å². The molecule has 116 valence electrons. The van der Waals surface area contributed by atoms with Gasteiger partial charge in [-0.3, -0.25) is 0 Å². The number of aryl methyl sites for hydroxylation is 1. The summed E-state index contributed by atoms with van der Waals surface area (Å²) in [5.74, 6) is 0.202. The number of rotatable bonds is 2. The highest BCUT2D eigenvalue weighted by atomic mass is 32.2. The van der Waals surface area contributed by atoms with E-state index in [9.17, 15) is 10.1 Å². The number of fused-ring (bicyclic) bond motifs is 1. The monoisotopic (exact) mass is 326 g/mol. The van der Waals surface area contributed by atoms with Gasteiger partial charge in [-0.15, -0.1) is 11.8 Å². The number of ether oxygens (including phenoxy) is 1. The minimum atomic E-state index is -0.587. The molecule has 0 saturated carbocycles. The second-order valence-electron chi connectivity index (χ2n) is 5.12. The van der Waals surface area contributed by atoms with Crippen LogP contribution in [0.2, 0.25) is 0 Å². The number of nitrogens with zero attached hydrogens (tertiary/aromatic N) is 1. The lowest BCUT2D eigenvalue weighted by Crippen LogP contribution is -2.26. The molecule has 1 aliphatic rings. The maximum absolute atomic E-state index is 12.3. The van der Waals surface area contributed by atoms with E-state index >= 15 is 0 Å². The van der Waals surface area contributed by atoms with Crippen molar-refractivity contribution >= 4 is 11.8 Å². The molecule has 6 heteroatoms. The van der Waals surface area contributed by atoms with E-state index in [2.05, 4.69) is 6.07 Å². The number of benzene rings is 1. The van der Waals surface area contributed by atoms with Gasteiger partial charge in [0, 0.05) is 11.0 Å².